The fraction of sp³-hybridized carbons (Fsp3) is 0.778. The van der Waals surface area contributed by atoms with Crippen LogP contribution >= 0.6 is 0 Å². The smallest absolute Gasteiger partial charge is 0.348 e. The van der Waals surface area contributed by atoms with Crippen molar-refractivity contribution >= 4 is 23.9 Å². The molecule has 8 heteroatoms. The number of rotatable bonds is 6. The SMILES string of the molecule is CCC(C)(C)C(=O)OC1C(=O)OC2C=CCC21.CCC(C)(C)C(=O)OC1C2CC3CC2C(=O)OC31. The maximum absolute atomic E-state index is 12.1. The van der Waals surface area contributed by atoms with E-state index < -0.39 is 22.9 Å². The van der Waals surface area contributed by atoms with E-state index in [0.717, 1.165) is 25.7 Å². The third-order valence-electron chi connectivity index (χ3n) is 8.79. The minimum absolute atomic E-state index is 0.0254. The van der Waals surface area contributed by atoms with E-state index >= 15 is 0 Å². The van der Waals surface area contributed by atoms with E-state index in [2.05, 4.69) is 0 Å². The summed E-state index contributed by atoms with van der Waals surface area (Å²) in [6.45, 7) is 11.3. The lowest BCUT2D eigenvalue weighted by atomic mass is 9.81. The quantitative estimate of drug-likeness (QED) is 0.315. The van der Waals surface area contributed by atoms with Crippen LogP contribution in [0.3, 0.4) is 0 Å². The van der Waals surface area contributed by atoms with Gasteiger partial charge in [0.25, 0.3) is 0 Å². The van der Waals surface area contributed by atoms with Gasteiger partial charge < -0.3 is 18.9 Å². The molecule has 3 aliphatic carbocycles. The number of esters is 4. The molecule has 4 bridgehead atoms. The Balaban J connectivity index is 0.000000165. The van der Waals surface area contributed by atoms with Gasteiger partial charge in [0, 0.05) is 11.8 Å². The number of allylic oxidation sites excluding steroid dienone is 1. The Labute approximate surface area is 207 Å². The Bertz CT molecular complexity index is 916. The normalized spacial score (nSPS) is 36.3. The number of carbonyl (C=O) groups is 4. The van der Waals surface area contributed by atoms with E-state index in [1.165, 1.54) is 0 Å². The zero-order valence-corrected chi connectivity index (χ0v) is 21.6. The Morgan fingerprint density at radius 1 is 0.914 bits per heavy atom. The van der Waals surface area contributed by atoms with Crippen molar-refractivity contribution in [2.45, 2.75) is 98.1 Å². The molecule has 0 aromatic rings. The Kier molecular flexibility index (Phi) is 6.79. The van der Waals surface area contributed by atoms with Crippen LogP contribution in [0.1, 0.15) is 73.6 Å². The summed E-state index contributed by atoms with van der Waals surface area (Å²) < 4.78 is 21.5. The highest BCUT2D eigenvalue weighted by atomic mass is 16.6. The topological polar surface area (TPSA) is 105 Å². The van der Waals surface area contributed by atoms with E-state index in [1.807, 2.05) is 53.7 Å². The molecule has 5 fully saturated rings. The van der Waals surface area contributed by atoms with Gasteiger partial charge in [0.15, 0.2) is 0 Å². The van der Waals surface area contributed by atoms with Crippen molar-refractivity contribution in [1.29, 1.82) is 0 Å². The second-order valence-corrected chi connectivity index (χ2v) is 11.8. The van der Waals surface area contributed by atoms with Gasteiger partial charge in [-0.3, -0.25) is 14.4 Å². The van der Waals surface area contributed by atoms with Gasteiger partial charge in [0.05, 0.1) is 22.7 Å². The summed E-state index contributed by atoms with van der Waals surface area (Å²) in [5.74, 6) is -0.413. The molecule has 0 N–H and O–H groups in total. The molecule has 3 saturated heterocycles. The molecule has 0 amide bonds. The van der Waals surface area contributed by atoms with E-state index in [1.54, 1.807) is 0 Å². The van der Waals surface area contributed by atoms with Crippen molar-refractivity contribution < 1.29 is 38.1 Å². The predicted octanol–water partition coefficient (Wildman–Crippen LogP) is 3.75. The summed E-state index contributed by atoms with van der Waals surface area (Å²) >= 11 is 0. The van der Waals surface area contributed by atoms with Crippen LogP contribution in [0.4, 0.5) is 0 Å². The highest BCUT2D eigenvalue weighted by Gasteiger charge is 2.63. The van der Waals surface area contributed by atoms with Crippen LogP contribution in [0.15, 0.2) is 12.2 Å². The minimum Gasteiger partial charge on any atom is -0.458 e. The Morgan fingerprint density at radius 2 is 1.54 bits per heavy atom. The first-order valence-electron chi connectivity index (χ1n) is 12.9. The third kappa shape index (κ3) is 4.60. The van der Waals surface area contributed by atoms with Crippen molar-refractivity contribution in [3.8, 4) is 0 Å². The zero-order chi connectivity index (χ0) is 25.7. The Hall–Kier alpha value is -2.38. The highest BCUT2D eigenvalue weighted by Crippen LogP contribution is 2.55. The highest BCUT2D eigenvalue weighted by molar-refractivity contribution is 5.84. The summed E-state index contributed by atoms with van der Waals surface area (Å²) in [4.78, 5) is 47.3. The number of carbonyl (C=O) groups excluding carboxylic acids is 4. The standard InChI is InChI=1S/C14H20O4.C13H18O4/c1-4-14(2,3)13(16)18-11-8-5-7-6-9(8)12(15)17-10(7)11;1-4-13(2,3)12(15)17-10-8-6-5-7-9(8)16-11(10)14/h7-11H,4-6H2,1-3H3;5,7-10H,4,6H2,1-3H3. The fourth-order valence-electron chi connectivity index (χ4n) is 5.49. The van der Waals surface area contributed by atoms with Crippen LogP contribution < -0.4 is 0 Å². The van der Waals surface area contributed by atoms with Crippen molar-refractivity contribution in [2.75, 3.05) is 0 Å². The molecule has 3 heterocycles. The molecule has 6 rings (SSSR count). The molecule has 2 saturated carbocycles. The van der Waals surface area contributed by atoms with Gasteiger partial charge in [-0.25, -0.2) is 4.79 Å². The van der Waals surface area contributed by atoms with Gasteiger partial charge in [-0.2, -0.15) is 0 Å². The van der Waals surface area contributed by atoms with E-state index in [4.69, 9.17) is 18.9 Å². The van der Waals surface area contributed by atoms with Crippen molar-refractivity contribution in [1.82, 2.24) is 0 Å². The molecule has 35 heavy (non-hydrogen) atoms. The second-order valence-electron chi connectivity index (χ2n) is 11.8. The lowest BCUT2D eigenvalue weighted by Crippen LogP contribution is -2.52. The van der Waals surface area contributed by atoms with Gasteiger partial charge in [0.1, 0.15) is 18.3 Å². The van der Waals surface area contributed by atoms with Gasteiger partial charge >= 0.3 is 23.9 Å². The van der Waals surface area contributed by atoms with Crippen LogP contribution in [0.5, 0.6) is 0 Å². The molecule has 0 spiro atoms. The molecule has 194 valence electrons. The molecule has 6 aliphatic rings. The number of ether oxygens (including phenoxy) is 4. The monoisotopic (exact) mass is 490 g/mol. The predicted molar refractivity (Wildman–Crippen MR) is 125 cm³/mol. The van der Waals surface area contributed by atoms with Crippen molar-refractivity contribution in [3.63, 3.8) is 0 Å². The maximum atomic E-state index is 12.1. The first kappa shape index (κ1) is 25.7. The van der Waals surface area contributed by atoms with Gasteiger partial charge in [-0.1, -0.05) is 19.9 Å². The molecular weight excluding hydrogens is 452 g/mol. The zero-order valence-electron chi connectivity index (χ0n) is 21.6. The number of fused-ring (bicyclic) bond motifs is 2. The maximum Gasteiger partial charge on any atom is 0.348 e. The fourth-order valence-corrected chi connectivity index (χ4v) is 5.49. The average molecular weight is 491 g/mol. The number of hydrogen-bond acceptors (Lipinski definition) is 8. The summed E-state index contributed by atoms with van der Waals surface area (Å²) in [6, 6.07) is 0. The molecule has 0 aromatic heterocycles. The first-order chi connectivity index (χ1) is 16.4. The molecule has 0 radical (unpaired) electrons. The second kappa shape index (κ2) is 9.25. The van der Waals surface area contributed by atoms with Crippen LogP contribution in [0, 0.1) is 34.5 Å². The molecule has 0 aromatic carbocycles. The van der Waals surface area contributed by atoms with Gasteiger partial charge in [-0.05, 0) is 65.9 Å². The van der Waals surface area contributed by atoms with Crippen molar-refractivity contribution in [2.24, 2.45) is 34.5 Å². The van der Waals surface area contributed by atoms with Crippen molar-refractivity contribution in [3.05, 3.63) is 12.2 Å². The first-order valence-corrected chi connectivity index (χ1v) is 12.9. The molecule has 8 unspecified atom stereocenters. The molecular formula is C27H38O8. The summed E-state index contributed by atoms with van der Waals surface area (Å²) in [5, 5.41) is 0. The van der Waals surface area contributed by atoms with E-state index in [-0.39, 0.29) is 54.0 Å². The summed E-state index contributed by atoms with van der Waals surface area (Å²) in [5.41, 5.74) is -1.00. The van der Waals surface area contributed by atoms with Gasteiger partial charge in [0.2, 0.25) is 6.10 Å². The lowest BCUT2D eigenvalue weighted by Gasteiger charge is -2.40. The average Bonchev–Trinajstić information content (AvgIpc) is 3.56. The van der Waals surface area contributed by atoms with Crippen LogP contribution in [0.25, 0.3) is 0 Å². The molecule has 8 nitrogen and oxygen atoms in total. The summed E-state index contributed by atoms with van der Waals surface area (Å²) in [6.07, 6.45) is 6.61. The summed E-state index contributed by atoms with van der Waals surface area (Å²) in [7, 11) is 0. The van der Waals surface area contributed by atoms with Crippen LogP contribution in [0.2, 0.25) is 0 Å². The molecule has 8 atom stereocenters. The molecule has 3 aliphatic heterocycles. The van der Waals surface area contributed by atoms with Crippen LogP contribution in [-0.2, 0) is 38.1 Å². The minimum atomic E-state index is -0.728. The third-order valence-corrected chi connectivity index (χ3v) is 8.79. The van der Waals surface area contributed by atoms with Gasteiger partial charge in [-0.15, -0.1) is 0 Å². The van der Waals surface area contributed by atoms with Crippen LogP contribution in [-0.4, -0.2) is 48.3 Å². The largest absolute Gasteiger partial charge is 0.458 e. The van der Waals surface area contributed by atoms with E-state index in [0.29, 0.717) is 12.3 Å². The van der Waals surface area contributed by atoms with E-state index in [9.17, 15) is 19.2 Å². The lowest BCUT2D eigenvalue weighted by molar-refractivity contribution is -0.200. The Morgan fingerprint density at radius 3 is 2.14 bits per heavy atom. The number of hydrogen-bond donors (Lipinski definition) is 0.